The molecule has 1 rings (SSSR count). The summed E-state index contributed by atoms with van der Waals surface area (Å²) in [7, 11) is 1.72. The van der Waals surface area contributed by atoms with Gasteiger partial charge in [-0.15, -0.1) is 0 Å². The Balaban J connectivity index is 2.79. The highest BCUT2D eigenvalue weighted by Crippen LogP contribution is 2.27. The van der Waals surface area contributed by atoms with Gasteiger partial charge in [0.25, 0.3) is 0 Å². The van der Waals surface area contributed by atoms with Crippen LogP contribution in [0.1, 0.15) is 51.3 Å². The maximum absolute atomic E-state index is 6.04. The Kier molecular flexibility index (Phi) is 7.76. The lowest BCUT2D eigenvalue weighted by Gasteiger charge is -2.24. The van der Waals surface area contributed by atoms with Crippen LogP contribution in [-0.2, 0) is 4.74 Å². The molecule has 2 unspecified atom stereocenters. The Bertz CT molecular complexity index is 418. The number of ether oxygens (including phenoxy) is 2. The summed E-state index contributed by atoms with van der Waals surface area (Å²) in [5.74, 6) is 1.58. The quantitative estimate of drug-likeness (QED) is 0.743. The highest BCUT2D eigenvalue weighted by molar-refractivity contribution is 5.39. The second kappa shape index (κ2) is 9.06. The summed E-state index contributed by atoms with van der Waals surface area (Å²) in [4.78, 5) is 0. The lowest BCUT2D eigenvalue weighted by atomic mass is 10.0. The lowest BCUT2D eigenvalue weighted by molar-refractivity contribution is 0.0369. The zero-order valence-electron chi connectivity index (χ0n) is 14.4. The fourth-order valence-corrected chi connectivity index (χ4v) is 2.62. The van der Waals surface area contributed by atoms with Gasteiger partial charge in [-0.3, -0.25) is 0 Å². The first-order valence-electron chi connectivity index (χ1n) is 7.97. The number of methoxy groups -OCH3 is 1. The van der Waals surface area contributed by atoms with Gasteiger partial charge in [0, 0.05) is 5.56 Å². The average Bonchev–Trinajstić information content (AvgIpc) is 2.42. The molecule has 3 heteroatoms. The monoisotopic (exact) mass is 293 g/mol. The predicted octanol–water partition coefficient (Wildman–Crippen LogP) is 4.11. The topological polar surface area (TPSA) is 30.5 Å². The molecule has 0 amide bonds. The summed E-state index contributed by atoms with van der Waals surface area (Å²) in [6, 6.07) is 6.46. The molecule has 0 spiro atoms. The van der Waals surface area contributed by atoms with E-state index >= 15 is 0 Å². The molecule has 0 heterocycles. The van der Waals surface area contributed by atoms with E-state index in [1.54, 1.807) is 7.11 Å². The molecule has 1 aromatic rings. The Labute approximate surface area is 130 Å². The third-order valence-corrected chi connectivity index (χ3v) is 3.56. The SMILES string of the molecule is CCNC(COC(C)CC(C)C)c1cc(C)ccc1OC. The van der Waals surface area contributed by atoms with Crippen LogP contribution in [0, 0.1) is 12.8 Å². The number of benzene rings is 1. The molecule has 1 aromatic carbocycles. The molecule has 2 atom stereocenters. The second-order valence-electron chi connectivity index (χ2n) is 6.13. The second-order valence-corrected chi connectivity index (χ2v) is 6.13. The molecule has 3 nitrogen and oxygen atoms in total. The van der Waals surface area contributed by atoms with Crippen LogP contribution in [0.2, 0.25) is 0 Å². The standard InChI is InChI=1S/C18H31NO2/c1-7-19-17(12-21-15(5)10-13(2)3)16-11-14(4)8-9-18(16)20-6/h8-9,11,13,15,17,19H,7,10,12H2,1-6H3. The fraction of sp³-hybridized carbons (Fsp3) is 0.667. The van der Waals surface area contributed by atoms with Gasteiger partial charge < -0.3 is 14.8 Å². The van der Waals surface area contributed by atoms with E-state index in [0.717, 1.165) is 18.7 Å². The molecule has 1 N–H and O–H groups in total. The molecule has 0 bridgehead atoms. The zero-order chi connectivity index (χ0) is 15.8. The Morgan fingerprint density at radius 1 is 1.19 bits per heavy atom. The predicted molar refractivity (Wildman–Crippen MR) is 89.0 cm³/mol. The molecule has 0 aromatic heterocycles. The minimum atomic E-state index is 0.166. The van der Waals surface area contributed by atoms with Crippen LogP contribution in [0.3, 0.4) is 0 Å². The van der Waals surface area contributed by atoms with Gasteiger partial charge in [0.15, 0.2) is 0 Å². The summed E-state index contributed by atoms with van der Waals surface area (Å²) in [6.45, 7) is 12.4. The van der Waals surface area contributed by atoms with E-state index in [1.165, 1.54) is 11.1 Å². The Hall–Kier alpha value is -1.06. The fourth-order valence-electron chi connectivity index (χ4n) is 2.62. The van der Waals surface area contributed by atoms with Crippen LogP contribution in [0.5, 0.6) is 5.75 Å². The van der Waals surface area contributed by atoms with Crippen molar-refractivity contribution in [2.24, 2.45) is 5.92 Å². The number of hydrogen-bond donors (Lipinski definition) is 1. The normalized spacial score (nSPS) is 14.2. The lowest BCUT2D eigenvalue weighted by Crippen LogP contribution is -2.28. The summed E-state index contributed by atoms with van der Waals surface area (Å²) in [5, 5.41) is 3.50. The van der Waals surface area contributed by atoms with Crippen molar-refractivity contribution in [3.63, 3.8) is 0 Å². The van der Waals surface area contributed by atoms with E-state index in [9.17, 15) is 0 Å². The van der Waals surface area contributed by atoms with Gasteiger partial charge in [-0.2, -0.15) is 0 Å². The van der Waals surface area contributed by atoms with Gasteiger partial charge in [-0.05, 0) is 38.8 Å². The maximum Gasteiger partial charge on any atom is 0.123 e. The van der Waals surface area contributed by atoms with Crippen molar-refractivity contribution < 1.29 is 9.47 Å². The highest BCUT2D eigenvalue weighted by Gasteiger charge is 2.17. The molecule has 0 fully saturated rings. The van der Waals surface area contributed by atoms with Crippen molar-refractivity contribution in [2.45, 2.75) is 53.2 Å². The molecular weight excluding hydrogens is 262 g/mol. The smallest absolute Gasteiger partial charge is 0.123 e. The molecule has 0 aliphatic carbocycles. The first-order chi connectivity index (χ1) is 9.97. The van der Waals surface area contributed by atoms with Crippen LogP contribution in [0.25, 0.3) is 0 Å². The van der Waals surface area contributed by atoms with Crippen molar-refractivity contribution in [1.29, 1.82) is 0 Å². The van der Waals surface area contributed by atoms with Crippen molar-refractivity contribution in [3.05, 3.63) is 29.3 Å². The summed E-state index contributed by atoms with van der Waals surface area (Å²) in [5.41, 5.74) is 2.42. The van der Waals surface area contributed by atoms with Gasteiger partial charge in [-0.1, -0.05) is 38.5 Å². The van der Waals surface area contributed by atoms with E-state index < -0.39 is 0 Å². The Morgan fingerprint density at radius 2 is 1.90 bits per heavy atom. The van der Waals surface area contributed by atoms with Crippen molar-refractivity contribution >= 4 is 0 Å². The largest absolute Gasteiger partial charge is 0.496 e. The molecule has 21 heavy (non-hydrogen) atoms. The summed E-state index contributed by atoms with van der Waals surface area (Å²) >= 11 is 0. The van der Waals surface area contributed by atoms with Gasteiger partial charge >= 0.3 is 0 Å². The van der Waals surface area contributed by atoms with E-state index in [2.05, 4.69) is 52.1 Å². The Morgan fingerprint density at radius 3 is 2.48 bits per heavy atom. The highest BCUT2D eigenvalue weighted by atomic mass is 16.5. The van der Waals surface area contributed by atoms with Crippen LogP contribution in [0.15, 0.2) is 18.2 Å². The van der Waals surface area contributed by atoms with Gasteiger partial charge in [0.2, 0.25) is 0 Å². The van der Waals surface area contributed by atoms with Crippen LogP contribution < -0.4 is 10.1 Å². The number of likely N-dealkylation sites (N-methyl/N-ethyl adjacent to an activating group) is 1. The minimum absolute atomic E-state index is 0.166. The first kappa shape index (κ1) is 18.0. The van der Waals surface area contributed by atoms with E-state index in [1.807, 2.05) is 6.07 Å². The van der Waals surface area contributed by atoms with Crippen molar-refractivity contribution in [1.82, 2.24) is 5.32 Å². The van der Waals surface area contributed by atoms with E-state index in [-0.39, 0.29) is 12.1 Å². The van der Waals surface area contributed by atoms with Gasteiger partial charge in [0.1, 0.15) is 5.75 Å². The molecule has 0 saturated heterocycles. The first-order valence-corrected chi connectivity index (χ1v) is 7.97. The number of hydrogen-bond acceptors (Lipinski definition) is 3. The molecule has 0 saturated carbocycles. The van der Waals surface area contributed by atoms with Gasteiger partial charge in [-0.25, -0.2) is 0 Å². The minimum Gasteiger partial charge on any atom is -0.496 e. The zero-order valence-corrected chi connectivity index (χ0v) is 14.4. The third-order valence-electron chi connectivity index (χ3n) is 3.56. The average molecular weight is 293 g/mol. The van der Waals surface area contributed by atoms with Crippen LogP contribution >= 0.6 is 0 Å². The molecule has 120 valence electrons. The van der Waals surface area contributed by atoms with Crippen molar-refractivity contribution in [2.75, 3.05) is 20.3 Å². The van der Waals surface area contributed by atoms with E-state index in [4.69, 9.17) is 9.47 Å². The molecular formula is C18H31NO2. The van der Waals surface area contributed by atoms with Crippen molar-refractivity contribution in [3.8, 4) is 5.75 Å². The molecule has 0 radical (unpaired) electrons. The number of aryl methyl sites for hydroxylation is 1. The molecule has 0 aliphatic heterocycles. The van der Waals surface area contributed by atoms with Crippen LogP contribution in [0.4, 0.5) is 0 Å². The number of nitrogens with one attached hydrogen (secondary N) is 1. The van der Waals surface area contributed by atoms with Crippen LogP contribution in [-0.4, -0.2) is 26.4 Å². The maximum atomic E-state index is 6.04. The number of rotatable bonds is 9. The summed E-state index contributed by atoms with van der Waals surface area (Å²) < 4.78 is 11.5. The summed E-state index contributed by atoms with van der Waals surface area (Å²) in [6.07, 6.45) is 1.37. The third kappa shape index (κ3) is 6.06. The van der Waals surface area contributed by atoms with E-state index in [0.29, 0.717) is 12.5 Å². The molecule has 0 aliphatic rings. The van der Waals surface area contributed by atoms with Gasteiger partial charge in [0.05, 0.1) is 25.9 Å².